The smallest absolute Gasteiger partial charge is 0.0739 e. The molecule has 2 aromatic rings. The van der Waals surface area contributed by atoms with E-state index in [1.54, 1.807) is 0 Å². The van der Waals surface area contributed by atoms with Crippen LogP contribution in [0.25, 0.3) is 0 Å². The van der Waals surface area contributed by atoms with E-state index in [1.165, 1.54) is 55.3 Å². The molecule has 0 bridgehead atoms. The van der Waals surface area contributed by atoms with E-state index in [1.807, 2.05) is 12.1 Å². The number of hydrogen-bond acceptors (Lipinski definition) is 2. The van der Waals surface area contributed by atoms with Gasteiger partial charge >= 0.3 is 0 Å². The van der Waals surface area contributed by atoms with Crippen molar-refractivity contribution in [3.63, 3.8) is 0 Å². The van der Waals surface area contributed by atoms with Gasteiger partial charge in [-0.1, -0.05) is 36.6 Å². The molecule has 1 fully saturated rings. The third-order valence-corrected chi connectivity index (χ3v) is 5.46. The van der Waals surface area contributed by atoms with Crippen molar-refractivity contribution in [1.82, 2.24) is 10.2 Å². The molecule has 1 aromatic carbocycles. The van der Waals surface area contributed by atoms with E-state index in [-0.39, 0.29) is 5.41 Å². The predicted octanol–water partition coefficient (Wildman–Crippen LogP) is 4.87. The number of rotatable bonds is 2. The maximum Gasteiger partial charge on any atom is 0.0739 e. The van der Waals surface area contributed by atoms with Crippen LogP contribution in [0.15, 0.2) is 30.3 Å². The number of fused-ring (bicyclic) bond motifs is 1. The molecule has 0 radical (unpaired) electrons. The van der Waals surface area contributed by atoms with Crippen LogP contribution in [0.4, 0.5) is 0 Å². The first-order valence-electron chi connectivity index (χ1n) is 8.40. The molecule has 0 saturated heterocycles. The van der Waals surface area contributed by atoms with E-state index in [0.29, 0.717) is 0 Å². The Bertz CT molecular complexity index is 674. The topological polar surface area (TPSA) is 25.8 Å². The minimum Gasteiger partial charge on any atom is -0.155 e. The van der Waals surface area contributed by atoms with Gasteiger partial charge in [-0.25, -0.2) is 0 Å². The predicted molar refractivity (Wildman–Crippen MR) is 89.4 cm³/mol. The summed E-state index contributed by atoms with van der Waals surface area (Å²) >= 11 is 6.03. The van der Waals surface area contributed by atoms with Gasteiger partial charge in [0.1, 0.15) is 0 Å². The second-order valence-corrected chi connectivity index (χ2v) is 7.14. The number of aryl methyl sites for hydroxylation is 2. The number of nitrogens with zero attached hydrogens (tertiary/aromatic N) is 2. The van der Waals surface area contributed by atoms with E-state index >= 15 is 0 Å². The van der Waals surface area contributed by atoms with Gasteiger partial charge in [0, 0.05) is 10.4 Å². The van der Waals surface area contributed by atoms with Crippen LogP contribution in [0.5, 0.6) is 0 Å². The van der Waals surface area contributed by atoms with Crippen LogP contribution in [0, 0.1) is 0 Å². The molecule has 114 valence electrons. The van der Waals surface area contributed by atoms with Crippen LogP contribution in [-0.2, 0) is 18.3 Å². The number of hydrogen-bond donors (Lipinski definition) is 0. The highest BCUT2D eigenvalue weighted by molar-refractivity contribution is 6.30. The van der Waals surface area contributed by atoms with E-state index in [0.717, 1.165) is 23.6 Å². The third kappa shape index (κ3) is 2.54. The number of halogens is 1. The van der Waals surface area contributed by atoms with Crippen molar-refractivity contribution in [2.75, 3.05) is 0 Å². The van der Waals surface area contributed by atoms with Crippen molar-refractivity contribution in [2.45, 2.75) is 56.8 Å². The summed E-state index contributed by atoms with van der Waals surface area (Å²) in [7, 11) is 0. The highest BCUT2D eigenvalue weighted by Gasteiger charge is 2.47. The lowest BCUT2D eigenvalue weighted by Gasteiger charge is -2.18. The molecule has 0 aliphatic heterocycles. The lowest BCUT2D eigenvalue weighted by Crippen LogP contribution is -2.15. The summed E-state index contributed by atoms with van der Waals surface area (Å²) < 4.78 is 0. The summed E-state index contributed by atoms with van der Waals surface area (Å²) in [4.78, 5) is 0. The molecular formula is C19H21ClN2. The summed E-state index contributed by atoms with van der Waals surface area (Å²) in [6.45, 7) is 0. The van der Waals surface area contributed by atoms with Crippen molar-refractivity contribution in [3.8, 4) is 0 Å². The van der Waals surface area contributed by atoms with Crippen LogP contribution in [-0.4, -0.2) is 10.2 Å². The van der Waals surface area contributed by atoms with E-state index < -0.39 is 0 Å². The minimum atomic E-state index is 0.0922. The quantitative estimate of drug-likeness (QED) is 0.790. The summed E-state index contributed by atoms with van der Waals surface area (Å²) in [5, 5.41) is 10.0. The Morgan fingerprint density at radius 1 is 0.864 bits per heavy atom. The fourth-order valence-electron chi connectivity index (χ4n) is 3.66. The number of benzene rings is 1. The Labute approximate surface area is 136 Å². The van der Waals surface area contributed by atoms with Gasteiger partial charge in [-0.2, -0.15) is 10.2 Å². The van der Waals surface area contributed by atoms with Gasteiger partial charge in [0.2, 0.25) is 0 Å². The Balaban J connectivity index is 1.70. The fraction of sp³-hybridized carbons (Fsp3) is 0.474. The summed E-state index contributed by atoms with van der Waals surface area (Å²) in [6, 6.07) is 10.6. The molecule has 1 aromatic heterocycles. The normalized spacial score (nSPS) is 19.9. The molecule has 2 nitrogen and oxygen atoms in total. The van der Waals surface area contributed by atoms with Crippen LogP contribution >= 0.6 is 11.6 Å². The maximum atomic E-state index is 6.03. The molecule has 0 amide bonds. The second kappa shape index (κ2) is 5.66. The van der Waals surface area contributed by atoms with Crippen molar-refractivity contribution in [3.05, 3.63) is 57.9 Å². The highest BCUT2D eigenvalue weighted by atomic mass is 35.5. The third-order valence-electron chi connectivity index (χ3n) is 5.21. The van der Waals surface area contributed by atoms with Crippen LogP contribution in [0.2, 0.25) is 5.02 Å². The minimum absolute atomic E-state index is 0.0922. The molecule has 3 heteroatoms. The van der Waals surface area contributed by atoms with Crippen molar-refractivity contribution >= 4 is 11.6 Å². The van der Waals surface area contributed by atoms with Crippen molar-refractivity contribution in [2.24, 2.45) is 0 Å². The zero-order valence-electron chi connectivity index (χ0n) is 12.8. The van der Waals surface area contributed by atoms with Crippen molar-refractivity contribution in [1.29, 1.82) is 0 Å². The molecule has 2 aliphatic carbocycles. The molecule has 0 spiro atoms. The van der Waals surface area contributed by atoms with Gasteiger partial charge in [0.15, 0.2) is 0 Å². The molecule has 0 atom stereocenters. The summed E-state index contributed by atoms with van der Waals surface area (Å²) in [6.07, 6.45) is 9.81. The van der Waals surface area contributed by atoms with Crippen LogP contribution in [0.3, 0.4) is 0 Å². The van der Waals surface area contributed by atoms with E-state index in [2.05, 4.69) is 28.4 Å². The average Bonchev–Trinajstić information content (AvgIpc) is 3.30. The molecular weight excluding hydrogens is 292 g/mol. The largest absolute Gasteiger partial charge is 0.155 e. The first-order chi connectivity index (χ1) is 10.8. The maximum absolute atomic E-state index is 6.03. The molecule has 22 heavy (non-hydrogen) atoms. The lowest BCUT2D eigenvalue weighted by molar-refractivity contribution is 0.597. The Kier molecular flexibility index (Phi) is 3.65. The molecule has 4 rings (SSSR count). The van der Waals surface area contributed by atoms with Gasteiger partial charge < -0.3 is 0 Å². The highest BCUT2D eigenvalue weighted by Crippen LogP contribution is 2.53. The molecule has 0 N–H and O–H groups in total. The van der Waals surface area contributed by atoms with Gasteiger partial charge in [-0.05, 0) is 67.9 Å². The monoisotopic (exact) mass is 312 g/mol. The van der Waals surface area contributed by atoms with E-state index in [4.69, 9.17) is 11.6 Å². The Hall–Kier alpha value is -1.41. The first kappa shape index (κ1) is 14.2. The van der Waals surface area contributed by atoms with Gasteiger partial charge in [-0.15, -0.1) is 0 Å². The molecule has 1 heterocycles. The average molecular weight is 313 g/mol. The second-order valence-electron chi connectivity index (χ2n) is 6.70. The molecule has 2 aliphatic rings. The van der Waals surface area contributed by atoms with Gasteiger partial charge in [0.25, 0.3) is 0 Å². The van der Waals surface area contributed by atoms with Gasteiger partial charge in [-0.3, -0.25) is 0 Å². The van der Waals surface area contributed by atoms with E-state index in [9.17, 15) is 0 Å². The van der Waals surface area contributed by atoms with Crippen molar-refractivity contribution < 1.29 is 0 Å². The summed E-state index contributed by atoms with van der Waals surface area (Å²) in [5.74, 6) is 0. The number of aromatic nitrogens is 2. The van der Waals surface area contributed by atoms with Gasteiger partial charge in [0.05, 0.1) is 11.4 Å². The first-order valence-corrected chi connectivity index (χ1v) is 8.78. The Morgan fingerprint density at radius 2 is 1.59 bits per heavy atom. The molecule has 1 saturated carbocycles. The van der Waals surface area contributed by atoms with Crippen LogP contribution in [0.1, 0.15) is 61.0 Å². The lowest BCUT2D eigenvalue weighted by atomic mass is 9.89. The zero-order chi connectivity index (χ0) is 15.0. The zero-order valence-corrected chi connectivity index (χ0v) is 13.6. The SMILES string of the molecule is Clc1ccc(C2(c3cc4c(nn3)CCCCCC4)CC2)cc1. The fourth-order valence-corrected chi connectivity index (χ4v) is 3.79. The Morgan fingerprint density at radius 3 is 2.32 bits per heavy atom. The molecule has 0 unspecified atom stereocenters. The van der Waals surface area contributed by atoms with Crippen LogP contribution < -0.4 is 0 Å². The standard InChI is InChI=1S/C19H21ClN2/c20-16-9-7-15(8-10-16)19(11-12-19)18-13-14-5-3-1-2-4-6-17(14)21-22-18/h7-10,13H,1-6,11-12H2. The summed E-state index contributed by atoms with van der Waals surface area (Å²) in [5.41, 5.74) is 5.25.